The molecule has 3 nitrogen and oxygen atoms in total. The number of rotatable bonds is 2. The zero-order valence-corrected chi connectivity index (χ0v) is 11.8. The minimum absolute atomic E-state index is 0.227. The van der Waals surface area contributed by atoms with E-state index in [4.69, 9.17) is 0 Å². The van der Waals surface area contributed by atoms with Crippen molar-refractivity contribution in [1.82, 2.24) is 4.90 Å². The SMILES string of the molecule is Cc1ccc(N2CC(CO)N(C)CC2C)cc1C. The maximum Gasteiger partial charge on any atom is 0.0604 e. The van der Waals surface area contributed by atoms with E-state index in [-0.39, 0.29) is 12.6 Å². The molecule has 0 amide bonds. The smallest absolute Gasteiger partial charge is 0.0604 e. The van der Waals surface area contributed by atoms with Crippen molar-refractivity contribution in [3.63, 3.8) is 0 Å². The lowest BCUT2D eigenvalue weighted by atomic mass is 10.0. The molecule has 0 bridgehead atoms. The number of hydrogen-bond donors (Lipinski definition) is 1. The summed E-state index contributed by atoms with van der Waals surface area (Å²) in [6.07, 6.45) is 0. The summed E-state index contributed by atoms with van der Waals surface area (Å²) in [4.78, 5) is 4.66. The number of piperazine rings is 1. The molecule has 2 rings (SSSR count). The standard InChI is InChI=1S/C15H24N2O/c1-11-5-6-14(7-12(11)2)17-9-15(10-18)16(4)8-13(17)3/h5-7,13,15,18H,8-10H2,1-4H3. The van der Waals surface area contributed by atoms with E-state index in [0.29, 0.717) is 6.04 Å². The van der Waals surface area contributed by atoms with E-state index in [2.05, 4.69) is 55.8 Å². The molecule has 0 saturated carbocycles. The van der Waals surface area contributed by atoms with Crippen molar-refractivity contribution in [1.29, 1.82) is 0 Å². The molecule has 1 aliphatic heterocycles. The van der Waals surface area contributed by atoms with Crippen LogP contribution < -0.4 is 4.90 Å². The first-order valence-electron chi connectivity index (χ1n) is 6.68. The zero-order valence-electron chi connectivity index (χ0n) is 11.8. The largest absolute Gasteiger partial charge is 0.395 e. The number of nitrogens with zero attached hydrogens (tertiary/aromatic N) is 2. The molecule has 2 unspecified atom stereocenters. The number of likely N-dealkylation sites (N-methyl/N-ethyl adjacent to an activating group) is 1. The molecule has 0 aliphatic carbocycles. The molecule has 1 N–H and O–H groups in total. The van der Waals surface area contributed by atoms with E-state index in [1.165, 1.54) is 16.8 Å². The van der Waals surface area contributed by atoms with Gasteiger partial charge < -0.3 is 10.0 Å². The molecule has 0 spiro atoms. The van der Waals surface area contributed by atoms with Crippen LogP contribution in [0.15, 0.2) is 18.2 Å². The summed E-state index contributed by atoms with van der Waals surface area (Å²) in [7, 11) is 2.09. The molecule has 0 radical (unpaired) electrons. The maximum absolute atomic E-state index is 9.44. The van der Waals surface area contributed by atoms with Crippen LogP contribution in [-0.4, -0.2) is 48.8 Å². The van der Waals surface area contributed by atoms with Gasteiger partial charge in [-0.3, -0.25) is 4.90 Å². The highest BCUT2D eigenvalue weighted by atomic mass is 16.3. The molecule has 1 heterocycles. The van der Waals surface area contributed by atoms with Crippen LogP contribution in [0.25, 0.3) is 0 Å². The quantitative estimate of drug-likeness (QED) is 0.864. The Morgan fingerprint density at radius 2 is 1.94 bits per heavy atom. The second-order valence-electron chi connectivity index (χ2n) is 5.55. The third-order valence-electron chi connectivity index (χ3n) is 4.15. The van der Waals surface area contributed by atoms with E-state index < -0.39 is 0 Å². The third kappa shape index (κ3) is 2.52. The molecule has 3 heteroatoms. The zero-order chi connectivity index (χ0) is 13.3. The van der Waals surface area contributed by atoms with Crippen molar-refractivity contribution in [3.8, 4) is 0 Å². The van der Waals surface area contributed by atoms with Crippen LogP contribution >= 0.6 is 0 Å². The van der Waals surface area contributed by atoms with Gasteiger partial charge in [0.05, 0.1) is 12.6 Å². The lowest BCUT2D eigenvalue weighted by molar-refractivity contribution is 0.122. The summed E-state index contributed by atoms with van der Waals surface area (Å²) in [5.41, 5.74) is 3.94. The maximum atomic E-state index is 9.44. The molecular formula is C15H24N2O. The Morgan fingerprint density at radius 1 is 1.22 bits per heavy atom. The molecule has 1 aromatic carbocycles. The van der Waals surface area contributed by atoms with E-state index in [9.17, 15) is 5.11 Å². The third-order valence-corrected chi connectivity index (χ3v) is 4.15. The molecule has 1 aromatic rings. The first kappa shape index (κ1) is 13.4. The summed E-state index contributed by atoms with van der Waals surface area (Å²) < 4.78 is 0. The fourth-order valence-corrected chi connectivity index (χ4v) is 2.67. The number of aliphatic hydroxyl groups is 1. The van der Waals surface area contributed by atoms with Crippen LogP contribution in [0, 0.1) is 13.8 Å². The van der Waals surface area contributed by atoms with Gasteiger partial charge in [0.25, 0.3) is 0 Å². The van der Waals surface area contributed by atoms with Crippen molar-refractivity contribution in [2.45, 2.75) is 32.9 Å². The summed E-state index contributed by atoms with van der Waals surface area (Å²) in [5.74, 6) is 0. The molecule has 2 atom stereocenters. The Morgan fingerprint density at radius 3 is 2.56 bits per heavy atom. The first-order chi connectivity index (χ1) is 8.52. The van der Waals surface area contributed by atoms with Crippen LogP contribution in [0.3, 0.4) is 0 Å². The summed E-state index contributed by atoms with van der Waals surface area (Å²) >= 11 is 0. The molecule has 0 aromatic heterocycles. The second-order valence-corrected chi connectivity index (χ2v) is 5.55. The minimum atomic E-state index is 0.227. The van der Waals surface area contributed by atoms with Gasteiger partial charge in [-0.1, -0.05) is 6.07 Å². The number of aliphatic hydroxyl groups excluding tert-OH is 1. The normalized spacial score (nSPS) is 25.5. The Hall–Kier alpha value is -1.06. The Bertz CT molecular complexity index is 419. The monoisotopic (exact) mass is 248 g/mol. The summed E-state index contributed by atoms with van der Waals surface area (Å²) in [6, 6.07) is 7.36. The van der Waals surface area contributed by atoms with Gasteiger partial charge in [-0.2, -0.15) is 0 Å². The number of anilines is 1. The molecule has 100 valence electrons. The highest BCUT2D eigenvalue weighted by molar-refractivity contribution is 5.52. The predicted molar refractivity (Wildman–Crippen MR) is 76.2 cm³/mol. The van der Waals surface area contributed by atoms with Crippen LogP contribution in [0.5, 0.6) is 0 Å². The van der Waals surface area contributed by atoms with Gasteiger partial charge >= 0.3 is 0 Å². The van der Waals surface area contributed by atoms with Crippen LogP contribution in [-0.2, 0) is 0 Å². The number of hydrogen-bond acceptors (Lipinski definition) is 3. The predicted octanol–water partition coefficient (Wildman–Crippen LogP) is 1.80. The Labute approximate surface area is 110 Å². The highest BCUT2D eigenvalue weighted by Gasteiger charge is 2.28. The topological polar surface area (TPSA) is 26.7 Å². The Balaban J connectivity index is 2.23. The number of benzene rings is 1. The molecule has 18 heavy (non-hydrogen) atoms. The molecule has 1 fully saturated rings. The highest BCUT2D eigenvalue weighted by Crippen LogP contribution is 2.24. The molecule has 1 aliphatic rings. The van der Waals surface area contributed by atoms with Crippen LogP contribution in [0.4, 0.5) is 5.69 Å². The van der Waals surface area contributed by atoms with Crippen molar-refractivity contribution in [2.24, 2.45) is 0 Å². The van der Waals surface area contributed by atoms with E-state index in [1.54, 1.807) is 0 Å². The van der Waals surface area contributed by atoms with Gasteiger partial charge in [0, 0.05) is 24.8 Å². The Kier molecular flexibility index (Phi) is 3.93. The van der Waals surface area contributed by atoms with E-state index >= 15 is 0 Å². The lowest BCUT2D eigenvalue weighted by Crippen LogP contribution is -2.57. The van der Waals surface area contributed by atoms with E-state index in [1.807, 2.05) is 0 Å². The average Bonchev–Trinajstić information content (AvgIpc) is 2.33. The van der Waals surface area contributed by atoms with Crippen molar-refractivity contribution in [3.05, 3.63) is 29.3 Å². The lowest BCUT2D eigenvalue weighted by Gasteiger charge is -2.44. The van der Waals surface area contributed by atoms with Gasteiger partial charge in [-0.15, -0.1) is 0 Å². The number of aryl methyl sites for hydroxylation is 2. The van der Waals surface area contributed by atoms with Crippen molar-refractivity contribution >= 4 is 5.69 Å². The van der Waals surface area contributed by atoms with Crippen molar-refractivity contribution in [2.75, 3.05) is 31.6 Å². The molecular weight excluding hydrogens is 224 g/mol. The fourth-order valence-electron chi connectivity index (χ4n) is 2.67. The minimum Gasteiger partial charge on any atom is -0.395 e. The summed E-state index contributed by atoms with van der Waals surface area (Å²) in [5, 5.41) is 9.44. The van der Waals surface area contributed by atoms with Crippen LogP contribution in [0.1, 0.15) is 18.1 Å². The molecule has 1 saturated heterocycles. The van der Waals surface area contributed by atoms with Gasteiger partial charge in [0.2, 0.25) is 0 Å². The first-order valence-corrected chi connectivity index (χ1v) is 6.68. The van der Waals surface area contributed by atoms with Crippen LogP contribution in [0.2, 0.25) is 0 Å². The summed E-state index contributed by atoms with van der Waals surface area (Å²) in [6.45, 7) is 8.67. The van der Waals surface area contributed by atoms with Crippen molar-refractivity contribution < 1.29 is 5.11 Å². The second kappa shape index (κ2) is 5.29. The van der Waals surface area contributed by atoms with Gasteiger partial charge in [0.15, 0.2) is 0 Å². The fraction of sp³-hybridized carbons (Fsp3) is 0.600. The van der Waals surface area contributed by atoms with Gasteiger partial charge in [0.1, 0.15) is 0 Å². The average molecular weight is 248 g/mol. The van der Waals surface area contributed by atoms with E-state index in [0.717, 1.165) is 13.1 Å². The van der Waals surface area contributed by atoms with Gasteiger partial charge in [-0.05, 0) is 51.1 Å². The van der Waals surface area contributed by atoms with Gasteiger partial charge in [-0.25, -0.2) is 0 Å².